The summed E-state index contributed by atoms with van der Waals surface area (Å²) in [6.45, 7) is 3.64. The van der Waals surface area contributed by atoms with Crippen LogP contribution >= 0.6 is 23.5 Å². The second kappa shape index (κ2) is 6.25. The van der Waals surface area contributed by atoms with Gasteiger partial charge in [-0.05, 0) is 25.8 Å². The molecule has 2 N–H and O–H groups in total. The molecular formula is C13H21N3O2S2. The highest BCUT2D eigenvalue weighted by molar-refractivity contribution is 8.06. The van der Waals surface area contributed by atoms with Crippen LogP contribution in [0.2, 0.25) is 0 Å². The van der Waals surface area contributed by atoms with E-state index >= 15 is 0 Å². The first-order valence-electron chi connectivity index (χ1n) is 7.23. The Bertz CT molecular complexity index is 449. The second-order valence-corrected chi connectivity index (χ2v) is 7.98. The van der Waals surface area contributed by atoms with Crippen LogP contribution in [0, 0.1) is 0 Å². The van der Waals surface area contributed by atoms with Gasteiger partial charge in [0.15, 0.2) is 11.4 Å². The summed E-state index contributed by atoms with van der Waals surface area (Å²) in [6.07, 6.45) is 2.73. The fourth-order valence-corrected chi connectivity index (χ4v) is 5.74. The van der Waals surface area contributed by atoms with Gasteiger partial charge >= 0.3 is 0 Å². The maximum absolute atomic E-state index is 10.6. The lowest BCUT2D eigenvalue weighted by Crippen LogP contribution is -2.43. The Morgan fingerprint density at radius 3 is 3.05 bits per heavy atom. The lowest BCUT2D eigenvalue weighted by molar-refractivity contribution is -0.0167. The molecule has 20 heavy (non-hydrogen) atoms. The van der Waals surface area contributed by atoms with Gasteiger partial charge in [0.2, 0.25) is 0 Å². The van der Waals surface area contributed by atoms with E-state index in [9.17, 15) is 5.11 Å². The van der Waals surface area contributed by atoms with E-state index in [4.69, 9.17) is 4.52 Å². The van der Waals surface area contributed by atoms with Crippen LogP contribution in [0.1, 0.15) is 43.2 Å². The molecule has 0 aromatic carbocycles. The van der Waals surface area contributed by atoms with Gasteiger partial charge < -0.3 is 14.9 Å². The van der Waals surface area contributed by atoms with Gasteiger partial charge in [-0.2, -0.15) is 16.7 Å². The van der Waals surface area contributed by atoms with Crippen molar-refractivity contribution >= 4 is 23.5 Å². The first-order valence-corrected chi connectivity index (χ1v) is 9.33. The van der Waals surface area contributed by atoms with Gasteiger partial charge in [0, 0.05) is 23.3 Å². The van der Waals surface area contributed by atoms with Crippen LogP contribution in [0.25, 0.3) is 0 Å². The molecule has 2 aliphatic heterocycles. The van der Waals surface area contributed by atoms with E-state index in [-0.39, 0.29) is 5.25 Å². The Morgan fingerprint density at radius 2 is 2.30 bits per heavy atom. The monoisotopic (exact) mass is 315 g/mol. The molecule has 0 radical (unpaired) electrons. The lowest BCUT2D eigenvalue weighted by atomic mass is 9.94. The van der Waals surface area contributed by atoms with Gasteiger partial charge in [0.05, 0.1) is 5.25 Å². The molecule has 0 spiro atoms. The van der Waals surface area contributed by atoms with E-state index in [1.54, 1.807) is 0 Å². The SMILES string of the molecule is CCC1SCCSC1c1noc(C2(O)CCCNC2)n1. The van der Waals surface area contributed by atoms with Crippen molar-refractivity contribution in [3.8, 4) is 0 Å². The highest BCUT2D eigenvalue weighted by Crippen LogP contribution is 2.43. The molecule has 1 aromatic heterocycles. The molecule has 0 saturated carbocycles. The van der Waals surface area contributed by atoms with Gasteiger partial charge in [-0.1, -0.05) is 12.1 Å². The van der Waals surface area contributed by atoms with Gasteiger partial charge in [-0.25, -0.2) is 0 Å². The Morgan fingerprint density at radius 1 is 1.45 bits per heavy atom. The molecule has 7 heteroatoms. The average molecular weight is 315 g/mol. The van der Waals surface area contributed by atoms with E-state index in [1.807, 2.05) is 23.5 Å². The Labute approximate surface area is 127 Å². The first kappa shape index (κ1) is 14.7. The number of hydrogen-bond acceptors (Lipinski definition) is 7. The molecule has 3 rings (SSSR count). The van der Waals surface area contributed by atoms with Crippen molar-refractivity contribution < 1.29 is 9.63 Å². The number of thioether (sulfide) groups is 2. The first-order chi connectivity index (χ1) is 9.73. The van der Waals surface area contributed by atoms with Gasteiger partial charge in [0.25, 0.3) is 5.89 Å². The molecule has 3 unspecified atom stereocenters. The predicted octanol–water partition coefficient (Wildman–Crippen LogP) is 1.94. The summed E-state index contributed by atoms with van der Waals surface area (Å²) in [4.78, 5) is 4.53. The zero-order valence-corrected chi connectivity index (χ0v) is 13.3. The van der Waals surface area contributed by atoms with Crippen molar-refractivity contribution in [3.63, 3.8) is 0 Å². The fourth-order valence-electron chi connectivity index (χ4n) is 2.75. The summed E-state index contributed by atoms with van der Waals surface area (Å²) < 4.78 is 5.38. The highest BCUT2D eigenvalue weighted by Gasteiger charge is 2.39. The summed E-state index contributed by atoms with van der Waals surface area (Å²) in [6, 6.07) is 0. The summed E-state index contributed by atoms with van der Waals surface area (Å²) >= 11 is 3.90. The summed E-state index contributed by atoms with van der Waals surface area (Å²) in [5.74, 6) is 3.45. The number of hydrogen-bond donors (Lipinski definition) is 2. The molecular weight excluding hydrogens is 294 g/mol. The zero-order chi connectivity index (χ0) is 14.0. The number of piperidine rings is 1. The minimum absolute atomic E-state index is 0.288. The Kier molecular flexibility index (Phi) is 4.59. The number of β-amino-alcohol motifs (C(OH)–C–C–N with tert-alkyl or cyclic N) is 1. The van der Waals surface area contributed by atoms with Crippen molar-refractivity contribution in [1.29, 1.82) is 0 Å². The average Bonchev–Trinajstić information content (AvgIpc) is 2.98. The summed E-state index contributed by atoms with van der Waals surface area (Å²) in [5, 5.41) is 18.8. The van der Waals surface area contributed by atoms with E-state index in [2.05, 4.69) is 22.4 Å². The largest absolute Gasteiger partial charge is 0.379 e. The molecule has 2 aliphatic rings. The molecule has 3 atom stereocenters. The van der Waals surface area contributed by atoms with Gasteiger partial charge in [-0.3, -0.25) is 0 Å². The molecule has 2 saturated heterocycles. The summed E-state index contributed by atoms with van der Waals surface area (Å²) in [5.41, 5.74) is -0.988. The molecule has 3 heterocycles. The Balaban J connectivity index is 1.78. The minimum Gasteiger partial charge on any atom is -0.379 e. The molecule has 0 amide bonds. The molecule has 0 bridgehead atoms. The van der Waals surface area contributed by atoms with Crippen LogP contribution in [-0.4, -0.2) is 45.1 Å². The van der Waals surface area contributed by atoms with E-state index in [0.717, 1.165) is 31.0 Å². The van der Waals surface area contributed by atoms with Crippen LogP contribution in [0.15, 0.2) is 4.52 Å². The van der Waals surface area contributed by atoms with Crippen LogP contribution in [0.5, 0.6) is 0 Å². The summed E-state index contributed by atoms with van der Waals surface area (Å²) in [7, 11) is 0. The third kappa shape index (κ3) is 2.86. The maximum atomic E-state index is 10.6. The van der Waals surface area contributed by atoms with Gasteiger partial charge in [-0.15, -0.1) is 11.8 Å². The van der Waals surface area contributed by atoms with Crippen molar-refractivity contribution in [2.75, 3.05) is 24.6 Å². The number of rotatable bonds is 3. The molecule has 1 aromatic rings. The zero-order valence-electron chi connectivity index (χ0n) is 11.7. The van der Waals surface area contributed by atoms with Crippen LogP contribution in [-0.2, 0) is 5.60 Å². The van der Waals surface area contributed by atoms with Crippen molar-refractivity contribution in [2.45, 2.75) is 42.3 Å². The molecule has 2 fully saturated rings. The highest BCUT2D eigenvalue weighted by atomic mass is 32.2. The standard InChI is InChI=1S/C13H21N3O2S2/c1-2-9-10(20-7-6-19-9)11-15-12(18-16-11)13(17)4-3-5-14-8-13/h9-10,14,17H,2-8H2,1H3. The number of aromatic nitrogens is 2. The number of aliphatic hydroxyl groups is 1. The van der Waals surface area contributed by atoms with Crippen LogP contribution in [0.3, 0.4) is 0 Å². The molecule has 112 valence electrons. The number of nitrogens with zero attached hydrogens (tertiary/aromatic N) is 2. The predicted molar refractivity (Wildman–Crippen MR) is 82.0 cm³/mol. The third-order valence-corrected chi connectivity index (χ3v) is 7.15. The quantitative estimate of drug-likeness (QED) is 0.883. The molecule has 0 aliphatic carbocycles. The van der Waals surface area contributed by atoms with Gasteiger partial charge in [0.1, 0.15) is 0 Å². The van der Waals surface area contributed by atoms with E-state index in [1.165, 1.54) is 5.75 Å². The Hall–Kier alpha value is -0.240. The second-order valence-electron chi connectivity index (χ2n) is 5.38. The van der Waals surface area contributed by atoms with Crippen molar-refractivity contribution in [2.24, 2.45) is 0 Å². The lowest BCUT2D eigenvalue weighted by Gasteiger charge is -2.29. The van der Waals surface area contributed by atoms with Crippen molar-refractivity contribution in [3.05, 3.63) is 11.7 Å². The van der Waals surface area contributed by atoms with E-state index in [0.29, 0.717) is 24.1 Å². The van der Waals surface area contributed by atoms with Crippen LogP contribution < -0.4 is 5.32 Å². The maximum Gasteiger partial charge on any atom is 0.259 e. The smallest absolute Gasteiger partial charge is 0.259 e. The fraction of sp³-hybridized carbons (Fsp3) is 0.846. The topological polar surface area (TPSA) is 71.2 Å². The number of nitrogens with one attached hydrogen (secondary N) is 1. The van der Waals surface area contributed by atoms with E-state index < -0.39 is 5.60 Å². The minimum atomic E-state index is -0.988. The third-order valence-electron chi connectivity index (χ3n) is 3.91. The van der Waals surface area contributed by atoms with Crippen LogP contribution in [0.4, 0.5) is 0 Å². The molecule has 5 nitrogen and oxygen atoms in total. The normalized spacial score (nSPS) is 35.1. The van der Waals surface area contributed by atoms with Crippen molar-refractivity contribution in [1.82, 2.24) is 15.5 Å².